The van der Waals surface area contributed by atoms with E-state index < -0.39 is 0 Å². The van der Waals surface area contributed by atoms with Gasteiger partial charge in [0.15, 0.2) is 0 Å². The number of aromatic nitrogens is 2. The van der Waals surface area contributed by atoms with Crippen LogP contribution in [0, 0.1) is 0 Å². The fourth-order valence-electron chi connectivity index (χ4n) is 3.48. The fraction of sp³-hybridized carbons (Fsp3) is 0.0435. The minimum absolute atomic E-state index is 0.0330. The summed E-state index contributed by atoms with van der Waals surface area (Å²) in [7, 11) is 0. The van der Waals surface area contributed by atoms with Crippen LogP contribution in [-0.4, -0.2) is 9.55 Å². The number of hydrogen-bond donors (Lipinski definition) is 0. The molecular weight excluding hydrogens is 388 g/mol. The number of halogens is 1. The number of nitrogens with zero attached hydrogens (tertiary/aromatic N) is 2. The molecule has 3 nitrogen and oxygen atoms in total. The zero-order valence-electron chi connectivity index (χ0n) is 14.8. The molecule has 2 heterocycles. The third-order valence-electron chi connectivity index (χ3n) is 4.86. The predicted octanol–water partition coefficient (Wildman–Crippen LogP) is 5.98. The van der Waals surface area contributed by atoms with Crippen LogP contribution in [0.25, 0.3) is 32.1 Å². The Kier molecular flexibility index (Phi) is 4.23. The van der Waals surface area contributed by atoms with Crippen molar-refractivity contribution < 1.29 is 0 Å². The van der Waals surface area contributed by atoms with Gasteiger partial charge in [-0.3, -0.25) is 9.36 Å². The van der Waals surface area contributed by atoms with Crippen LogP contribution in [0.5, 0.6) is 0 Å². The first-order chi connectivity index (χ1) is 13.7. The molecule has 0 saturated carbocycles. The molecule has 0 aliphatic rings. The molecule has 136 valence electrons. The summed E-state index contributed by atoms with van der Waals surface area (Å²) in [5.41, 5.74) is 2.90. The van der Waals surface area contributed by atoms with Crippen LogP contribution in [0.1, 0.15) is 5.56 Å². The number of hydrogen-bond acceptors (Lipinski definition) is 3. The van der Waals surface area contributed by atoms with Gasteiger partial charge in [0, 0.05) is 16.0 Å². The van der Waals surface area contributed by atoms with Gasteiger partial charge in [0.1, 0.15) is 4.83 Å². The highest BCUT2D eigenvalue weighted by molar-refractivity contribution is 7.17. The average molecular weight is 403 g/mol. The van der Waals surface area contributed by atoms with Gasteiger partial charge in [0.05, 0.1) is 18.3 Å². The van der Waals surface area contributed by atoms with Crippen molar-refractivity contribution in [2.75, 3.05) is 0 Å². The summed E-state index contributed by atoms with van der Waals surface area (Å²) in [6, 6.07) is 22.1. The molecule has 2 aromatic heterocycles. The van der Waals surface area contributed by atoms with Gasteiger partial charge in [-0.1, -0.05) is 60.1 Å². The summed E-state index contributed by atoms with van der Waals surface area (Å²) in [4.78, 5) is 18.5. The summed E-state index contributed by atoms with van der Waals surface area (Å²) >= 11 is 7.58. The lowest BCUT2D eigenvalue weighted by molar-refractivity contribution is 0.749. The van der Waals surface area contributed by atoms with E-state index in [-0.39, 0.29) is 5.56 Å². The molecule has 5 heteroatoms. The van der Waals surface area contributed by atoms with Gasteiger partial charge in [-0.2, -0.15) is 0 Å². The quantitative estimate of drug-likeness (QED) is 0.372. The van der Waals surface area contributed by atoms with Crippen LogP contribution >= 0.6 is 22.9 Å². The first-order valence-corrected chi connectivity index (χ1v) is 10.1. The molecule has 0 amide bonds. The first kappa shape index (κ1) is 17.2. The summed E-state index contributed by atoms with van der Waals surface area (Å²) in [5, 5.41) is 5.69. The maximum atomic E-state index is 13.2. The third kappa shape index (κ3) is 3.01. The number of benzene rings is 3. The van der Waals surface area contributed by atoms with Gasteiger partial charge in [0.25, 0.3) is 5.56 Å². The molecule has 0 spiro atoms. The Morgan fingerprint density at radius 3 is 2.68 bits per heavy atom. The summed E-state index contributed by atoms with van der Waals surface area (Å²) in [6.07, 6.45) is 1.62. The number of thiophene rings is 1. The Labute approximate surface area is 170 Å². The average Bonchev–Trinajstić information content (AvgIpc) is 3.15. The lowest BCUT2D eigenvalue weighted by Crippen LogP contribution is -2.20. The van der Waals surface area contributed by atoms with E-state index in [2.05, 4.69) is 35.3 Å². The molecule has 0 saturated heterocycles. The summed E-state index contributed by atoms with van der Waals surface area (Å²) in [5.74, 6) is 0. The van der Waals surface area contributed by atoms with Gasteiger partial charge in [-0.05, 0) is 40.1 Å². The van der Waals surface area contributed by atoms with Crippen molar-refractivity contribution in [3.63, 3.8) is 0 Å². The molecule has 3 aromatic carbocycles. The Morgan fingerprint density at radius 2 is 1.82 bits per heavy atom. The van der Waals surface area contributed by atoms with Gasteiger partial charge in [-0.15, -0.1) is 11.3 Å². The number of fused-ring (bicyclic) bond motifs is 2. The van der Waals surface area contributed by atoms with Crippen molar-refractivity contribution in [3.05, 3.63) is 99.4 Å². The molecule has 5 aromatic rings. The first-order valence-electron chi connectivity index (χ1n) is 8.89. The van der Waals surface area contributed by atoms with Crippen molar-refractivity contribution in [2.24, 2.45) is 0 Å². The molecule has 0 N–H and O–H groups in total. The highest BCUT2D eigenvalue weighted by atomic mass is 35.5. The zero-order valence-corrected chi connectivity index (χ0v) is 16.4. The van der Waals surface area contributed by atoms with Crippen LogP contribution in [-0.2, 0) is 6.54 Å². The van der Waals surface area contributed by atoms with Crippen LogP contribution in [0.2, 0.25) is 5.02 Å². The largest absolute Gasteiger partial charge is 0.294 e. The Balaban J connectivity index is 1.65. The maximum Gasteiger partial charge on any atom is 0.263 e. The van der Waals surface area contributed by atoms with Crippen molar-refractivity contribution in [2.45, 2.75) is 6.54 Å². The molecule has 0 bridgehead atoms. The molecular formula is C23H15ClN2OS. The van der Waals surface area contributed by atoms with Crippen LogP contribution < -0.4 is 5.56 Å². The third-order valence-corrected chi connectivity index (χ3v) is 5.98. The molecule has 28 heavy (non-hydrogen) atoms. The Morgan fingerprint density at radius 1 is 0.964 bits per heavy atom. The second-order valence-electron chi connectivity index (χ2n) is 6.70. The lowest BCUT2D eigenvalue weighted by atomic mass is 10.0. The van der Waals surface area contributed by atoms with Crippen LogP contribution in [0.3, 0.4) is 0 Å². The van der Waals surface area contributed by atoms with E-state index in [0.717, 1.165) is 26.9 Å². The van der Waals surface area contributed by atoms with Crippen LogP contribution in [0.15, 0.2) is 83.2 Å². The molecule has 0 atom stereocenters. The van der Waals surface area contributed by atoms with Crippen molar-refractivity contribution >= 4 is 43.9 Å². The minimum atomic E-state index is -0.0330. The second-order valence-corrected chi connectivity index (χ2v) is 7.99. The van der Waals surface area contributed by atoms with E-state index in [1.807, 2.05) is 41.8 Å². The van der Waals surface area contributed by atoms with Crippen LogP contribution in [0.4, 0.5) is 0 Å². The molecule has 5 rings (SSSR count). The molecule has 0 aliphatic carbocycles. The van der Waals surface area contributed by atoms with Gasteiger partial charge < -0.3 is 0 Å². The SMILES string of the molecule is O=c1c2c(-c3ccc4ccccc4c3)csc2ncn1Cc1cccc(Cl)c1. The topological polar surface area (TPSA) is 34.9 Å². The predicted molar refractivity (Wildman–Crippen MR) is 117 cm³/mol. The van der Waals surface area contributed by atoms with E-state index in [9.17, 15) is 4.79 Å². The van der Waals surface area contributed by atoms with E-state index in [1.54, 1.807) is 10.9 Å². The normalized spacial score (nSPS) is 11.3. The highest BCUT2D eigenvalue weighted by Gasteiger charge is 2.14. The minimum Gasteiger partial charge on any atom is -0.294 e. The van der Waals surface area contributed by atoms with E-state index >= 15 is 0 Å². The summed E-state index contributed by atoms with van der Waals surface area (Å²) in [6.45, 7) is 0.440. The standard InChI is InChI=1S/C23H15ClN2OS/c24-19-7-3-4-15(10-19)12-26-14-25-22-21(23(26)27)20(13-28-22)18-9-8-16-5-1-2-6-17(16)11-18/h1-11,13-14H,12H2. The molecule has 0 aliphatic heterocycles. The lowest BCUT2D eigenvalue weighted by Gasteiger charge is -2.07. The second kappa shape index (κ2) is 6.89. The highest BCUT2D eigenvalue weighted by Crippen LogP contribution is 2.32. The van der Waals surface area contributed by atoms with E-state index in [4.69, 9.17) is 11.6 Å². The molecule has 0 fully saturated rings. The zero-order chi connectivity index (χ0) is 19.1. The Hall–Kier alpha value is -2.95. The monoisotopic (exact) mass is 402 g/mol. The van der Waals surface area contributed by atoms with E-state index in [1.165, 1.54) is 16.7 Å². The van der Waals surface area contributed by atoms with Crippen molar-refractivity contribution in [1.29, 1.82) is 0 Å². The van der Waals surface area contributed by atoms with E-state index in [0.29, 0.717) is 17.0 Å². The fourth-order valence-corrected chi connectivity index (χ4v) is 4.60. The smallest absolute Gasteiger partial charge is 0.263 e. The molecule has 0 unspecified atom stereocenters. The van der Waals surface area contributed by atoms with Gasteiger partial charge in [0.2, 0.25) is 0 Å². The molecule has 0 radical (unpaired) electrons. The van der Waals surface area contributed by atoms with Crippen molar-refractivity contribution in [3.8, 4) is 11.1 Å². The van der Waals surface area contributed by atoms with Gasteiger partial charge in [-0.25, -0.2) is 4.98 Å². The number of rotatable bonds is 3. The summed E-state index contributed by atoms with van der Waals surface area (Å²) < 4.78 is 1.64. The van der Waals surface area contributed by atoms with Gasteiger partial charge >= 0.3 is 0 Å². The maximum absolute atomic E-state index is 13.2. The van der Waals surface area contributed by atoms with Crippen molar-refractivity contribution in [1.82, 2.24) is 9.55 Å². The Bertz CT molecular complexity index is 1390.